The number of rotatable bonds is 5. The summed E-state index contributed by atoms with van der Waals surface area (Å²) >= 11 is 0. The van der Waals surface area contributed by atoms with Crippen molar-refractivity contribution in [3.8, 4) is 0 Å². The molecule has 6 heteroatoms. The van der Waals surface area contributed by atoms with Crippen LogP contribution in [-0.4, -0.2) is 55.0 Å². The monoisotopic (exact) mass is 422 g/mol. The smallest absolute Gasteiger partial charge is 0.241 e. The van der Waals surface area contributed by atoms with Crippen LogP contribution in [-0.2, 0) is 9.59 Å². The van der Waals surface area contributed by atoms with E-state index in [1.807, 2.05) is 6.07 Å². The Morgan fingerprint density at radius 1 is 0.968 bits per heavy atom. The van der Waals surface area contributed by atoms with Gasteiger partial charge in [-0.25, -0.2) is 5.43 Å². The van der Waals surface area contributed by atoms with Gasteiger partial charge in [0.05, 0.1) is 0 Å². The molecule has 31 heavy (non-hydrogen) atoms. The van der Waals surface area contributed by atoms with Gasteiger partial charge in [0.2, 0.25) is 5.91 Å². The Balaban J connectivity index is 1.11. The van der Waals surface area contributed by atoms with Gasteiger partial charge in [-0.2, -0.15) is 5.10 Å². The number of benzene rings is 1. The maximum atomic E-state index is 13.0. The van der Waals surface area contributed by atoms with Gasteiger partial charge in [0.15, 0.2) is 5.78 Å². The maximum Gasteiger partial charge on any atom is 0.241 e. The van der Waals surface area contributed by atoms with Crippen molar-refractivity contribution in [2.24, 2.45) is 28.8 Å². The third kappa shape index (κ3) is 4.27. The van der Waals surface area contributed by atoms with E-state index in [4.69, 9.17) is 0 Å². The fourth-order valence-electron chi connectivity index (χ4n) is 6.49. The first kappa shape index (κ1) is 20.7. The fraction of sp³-hybridized carbons (Fsp3) is 0.640. The molecule has 0 spiro atoms. The zero-order valence-corrected chi connectivity index (χ0v) is 18.3. The number of carbonyl (C=O) groups is 2. The molecule has 1 N–H and O–H groups in total. The van der Waals surface area contributed by atoms with Crippen LogP contribution in [0.5, 0.6) is 0 Å². The van der Waals surface area contributed by atoms with Gasteiger partial charge >= 0.3 is 0 Å². The molecule has 6 nitrogen and oxygen atoms in total. The van der Waals surface area contributed by atoms with Crippen LogP contribution in [0.2, 0.25) is 0 Å². The second kappa shape index (κ2) is 9.11. The molecule has 4 unspecified atom stereocenters. The number of ketones is 1. The third-order valence-corrected chi connectivity index (χ3v) is 8.04. The van der Waals surface area contributed by atoms with Crippen molar-refractivity contribution in [2.75, 3.05) is 37.6 Å². The number of Topliss-reactive ketones (excluding diaryl/α,β-unsaturated/α-hetero) is 1. The summed E-state index contributed by atoms with van der Waals surface area (Å²) in [5, 5.41) is 4.41. The zero-order chi connectivity index (χ0) is 21.2. The lowest BCUT2D eigenvalue weighted by Crippen LogP contribution is -2.47. The minimum Gasteiger partial charge on any atom is -0.369 e. The summed E-state index contributed by atoms with van der Waals surface area (Å²) in [5.41, 5.74) is 4.67. The first-order valence-electron chi connectivity index (χ1n) is 12.1. The number of nitrogens with one attached hydrogen (secondary N) is 1. The standard InChI is InChI=1S/C25H34N4O2/c30-22(12-13-28-14-16-29(17-15-28)19-8-2-1-3-9-19)26-27-24-20-10-4-6-18-7-5-11-21(23(18)20)25(24)31/h1-3,8-9,18,20-21,23H,4-7,10-17H2,(H,26,30)/b27-24-. The average Bonchev–Trinajstić information content (AvgIpc) is 3.10. The Hall–Kier alpha value is -2.21. The summed E-state index contributed by atoms with van der Waals surface area (Å²) in [5.74, 6) is 1.78. The molecule has 4 fully saturated rings. The van der Waals surface area contributed by atoms with E-state index in [0.29, 0.717) is 24.0 Å². The molecule has 5 rings (SSSR count). The normalized spacial score (nSPS) is 32.2. The van der Waals surface area contributed by atoms with Gasteiger partial charge in [0, 0.05) is 56.7 Å². The summed E-state index contributed by atoms with van der Waals surface area (Å²) in [4.78, 5) is 30.1. The van der Waals surface area contributed by atoms with Crippen molar-refractivity contribution >= 4 is 23.1 Å². The molecular weight excluding hydrogens is 388 g/mol. The first-order chi connectivity index (χ1) is 15.2. The highest BCUT2D eigenvalue weighted by Crippen LogP contribution is 2.51. The Labute approximate surface area is 185 Å². The molecule has 3 saturated carbocycles. The van der Waals surface area contributed by atoms with Crippen LogP contribution in [0.1, 0.15) is 44.9 Å². The van der Waals surface area contributed by atoms with Gasteiger partial charge in [-0.1, -0.05) is 43.9 Å². The van der Waals surface area contributed by atoms with E-state index in [1.54, 1.807) is 0 Å². The van der Waals surface area contributed by atoms with Gasteiger partial charge in [-0.3, -0.25) is 14.5 Å². The van der Waals surface area contributed by atoms with E-state index in [2.05, 4.69) is 44.6 Å². The lowest BCUT2D eigenvalue weighted by atomic mass is 9.65. The van der Waals surface area contributed by atoms with Gasteiger partial charge in [0.1, 0.15) is 5.71 Å². The summed E-state index contributed by atoms with van der Waals surface area (Å²) in [6, 6.07) is 10.5. The van der Waals surface area contributed by atoms with Crippen LogP contribution < -0.4 is 10.3 Å². The molecule has 4 atom stereocenters. The zero-order valence-electron chi connectivity index (χ0n) is 18.3. The third-order valence-electron chi connectivity index (χ3n) is 8.04. The number of nitrogens with zero attached hydrogens (tertiary/aromatic N) is 3. The number of hydrogen-bond donors (Lipinski definition) is 1. The Morgan fingerprint density at radius 2 is 1.68 bits per heavy atom. The fourth-order valence-corrected chi connectivity index (χ4v) is 6.49. The summed E-state index contributed by atoms with van der Waals surface area (Å²) < 4.78 is 0. The van der Waals surface area contributed by atoms with Crippen LogP contribution in [0.15, 0.2) is 35.4 Å². The van der Waals surface area contributed by atoms with Crippen molar-refractivity contribution in [3.05, 3.63) is 30.3 Å². The molecule has 0 bridgehead atoms. The SMILES string of the molecule is O=C(CCN1CCN(c2ccccc2)CC1)N/N=C1\C(=O)C2CCCC3CCCC1C32. The van der Waals surface area contributed by atoms with Gasteiger partial charge in [-0.05, 0) is 36.8 Å². The second-order valence-electron chi connectivity index (χ2n) is 9.72. The minimum atomic E-state index is -0.0759. The second-order valence-corrected chi connectivity index (χ2v) is 9.72. The highest BCUT2D eigenvalue weighted by atomic mass is 16.2. The average molecular weight is 423 g/mol. The highest BCUT2D eigenvalue weighted by molar-refractivity contribution is 6.43. The molecule has 1 aromatic rings. The van der Waals surface area contributed by atoms with Crippen molar-refractivity contribution in [1.82, 2.24) is 10.3 Å². The molecule has 1 aromatic carbocycles. The van der Waals surface area contributed by atoms with E-state index in [0.717, 1.165) is 45.6 Å². The predicted molar refractivity (Wildman–Crippen MR) is 122 cm³/mol. The highest BCUT2D eigenvalue weighted by Gasteiger charge is 2.53. The molecule has 1 amide bonds. The van der Waals surface area contributed by atoms with Crippen molar-refractivity contribution in [3.63, 3.8) is 0 Å². The van der Waals surface area contributed by atoms with E-state index in [9.17, 15) is 9.59 Å². The van der Waals surface area contributed by atoms with E-state index in [1.165, 1.54) is 31.4 Å². The molecule has 4 aliphatic rings. The Bertz CT molecular complexity index is 829. The number of piperazine rings is 1. The quantitative estimate of drug-likeness (QED) is 0.741. The van der Waals surface area contributed by atoms with Crippen molar-refractivity contribution in [2.45, 2.75) is 44.9 Å². The van der Waals surface area contributed by atoms with Gasteiger partial charge in [0.25, 0.3) is 0 Å². The van der Waals surface area contributed by atoms with E-state index >= 15 is 0 Å². The summed E-state index contributed by atoms with van der Waals surface area (Å²) in [7, 11) is 0. The molecule has 1 aliphatic heterocycles. The Kier molecular flexibility index (Phi) is 6.08. The maximum absolute atomic E-state index is 13.0. The molecule has 1 saturated heterocycles. The van der Waals surface area contributed by atoms with Crippen LogP contribution in [0, 0.1) is 23.7 Å². The van der Waals surface area contributed by atoms with Crippen LogP contribution in [0.3, 0.4) is 0 Å². The van der Waals surface area contributed by atoms with Crippen LogP contribution in [0.4, 0.5) is 5.69 Å². The van der Waals surface area contributed by atoms with Crippen molar-refractivity contribution in [1.29, 1.82) is 0 Å². The molecule has 0 radical (unpaired) electrons. The van der Waals surface area contributed by atoms with Gasteiger partial charge in [-0.15, -0.1) is 0 Å². The summed E-state index contributed by atoms with van der Waals surface area (Å²) in [6.45, 7) is 4.62. The van der Waals surface area contributed by atoms with Gasteiger partial charge < -0.3 is 4.90 Å². The molecule has 3 aliphatic carbocycles. The number of amides is 1. The molecular formula is C25H34N4O2. The van der Waals surface area contributed by atoms with Crippen LogP contribution >= 0.6 is 0 Å². The number of carbonyl (C=O) groups excluding carboxylic acids is 2. The predicted octanol–water partition coefficient (Wildman–Crippen LogP) is 3.09. The Morgan fingerprint density at radius 3 is 2.42 bits per heavy atom. The topological polar surface area (TPSA) is 65.0 Å². The van der Waals surface area contributed by atoms with Crippen molar-refractivity contribution < 1.29 is 9.59 Å². The lowest BCUT2D eigenvalue weighted by molar-refractivity contribution is -0.121. The lowest BCUT2D eigenvalue weighted by Gasteiger charge is -2.39. The molecule has 166 valence electrons. The van der Waals surface area contributed by atoms with Crippen LogP contribution in [0.25, 0.3) is 0 Å². The first-order valence-corrected chi connectivity index (χ1v) is 12.1. The number of anilines is 1. The van der Waals surface area contributed by atoms with E-state index in [-0.39, 0.29) is 23.5 Å². The summed E-state index contributed by atoms with van der Waals surface area (Å²) in [6.07, 6.45) is 7.39. The number of hydrazone groups is 1. The minimum absolute atomic E-state index is 0.0759. The number of para-hydroxylation sites is 1. The largest absolute Gasteiger partial charge is 0.369 e. The number of hydrogen-bond acceptors (Lipinski definition) is 5. The molecule has 1 heterocycles. The molecule has 0 aromatic heterocycles. The van der Waals surface area contributed by atoms with E-state index < -0.39 is 0 Å².